The van der Waals surface area contributed by atoms with Crippen molar-refractivity contribution in [1.82, 2.24) is 19.7 Å². The Morgan fingerprint density at radius 2 is 1.79 bits per heavy atom. The van der Waals surface area contributed by atoms with Gasteiger partial charge in [-0.15, -0.1) is 10.2 Å². The Hall–Kier alpha value is -4.27. The molecule has 0 unspecified atom stereocenters. The van der Waals surface area contributed by atoms with Crippen molar-refractivity contribution in [1.29, 1.82) is 0 Å². The van der Waals surface area contributed by atoms with Crippen molar-refractivity contribution in [3.05, 3.63) is 85.2 Å². The second kappa shape index (κ2) is 8.17. The van der Waals surface area contributed by atoms with Crippen LogP contribution >= 0.6 is 0 Å². The van der Waals surface area contributed by atoms with Crippen molar-refractivity contribution in [2.45, 2.75) is 0 Å². The number of para-hydroxylation sites is 1. The Bertz CT molecular complexity index is 1100. The molecule has 2 aromatic heterocycles. The lowest BCUT2D eigenvalue weighted by Gasteiger charge is -2.09. The van der Waals surface area contributed by atoms with E-state index in [9.17, 15) is 9.18 Å². The van der Waals surface area contributed by atoms with Gasteiger partial charge in [0, 0.05) is 24.1 Å². The van der Waals surface area contributed by atoms with Gasteiger partial charge in [-0.3, -0.25) is 4.57 Å². The predicted octanol–water partition coefficient (Wildman–Crippen LogP) is 4.24. The molecule has 4 aromatic rings. The minimum Gasteiger partial charge on any atom is -0.438 e. The van der Waals surface area contributed by atoms with Gasteiger partial charge in [0.05, 0.1) is 5.69 Å². The smallest absolute Gasteiger partial charge is 0.323 e. The summed E-state index contributed by atoms with van der Waals surface area (Å²) >= 11 is 0. The zero-order valence-corrected chi connectivity index (χ0v) is 15.0. The van der Waals surface area contributed by atoms with E-state index >= 15 is 0 Å². The van der Waals surface area contributed by atoms with Crippen molar-refractivity contribution in [3.63, 3.8) is 0 Å². The number of halogens is 1. The van der Waals surface area contributed by atoms with Crippen LogP contribution in [0.1, 0.15) is 0 Å². The first-order valence-corrected chi connectivity index (χ1v) is 8.60. The van der Waals surface area contributed by atoms with Crippen LogP contribution in [0, 0.1) is 5.82 Å². The zero-order chi connectivity index (χ0) is 20.1. The molecule has 0 saturated carbocycles. The molecule has 0 aliphatic carbocycles. The quantitative estimate of drug-likeness (QED) is 0.532. The van der Waals surface area contributed by atoms with Gasteiger partial charge < -0.3 is 15.4 Å². The maximum Gasteiger partial charge on any atom is 0.323 e. The molecular formula is C20H15FN6O2. The van der Waals surface area contributed by atoms with Crippen LogP contribution in [0.3, 0.4) is 0 Å². The van der Waals surface area contributed by atoms with Crippen molar-refractivity contribution >= 4 is 17.4 Å². The number of anilines is 2. The van der Waals surface area contributed by atoms with Crippen LogP contribution in [0.4, 0.5) is 20.6 Å². The SMILES string of the molecule is O=C(Nc1ccc(Oc2ccc(-n3ccnc3)nn2)cc1)Nc1ccccc1F. The van der Waals surface area contributed by atoms with E-state index in [1.165, 1.54) is 12.1 Å². The number of imidazole rings is 1. The molecule has 29 heavy (non-hydrogen) atoms. The Balaban J connectivity index is 1.35. The number of rotatable bonds is 5. The molecule has 8 nitrogen and oxygen atoms in total. The van der Waals surface area contributed by atoms with E-state index in [0.29, 0.717) is 23.1 Å². The van der Waals surface area contributed by atoms with Crippen molar-refractivity contribution in [2.24, 2.45) is 0 Å². The molecule has 0 aliphatic heterocycles. The van der Waals surface area contributed by atoms with Gasteiger partial charge >= 0.3 is 6.03 Å². The molecule has 2 aromatic carbocycles. The van der Waals surface area contributed by atoms with Gasteiger partial charge in [-0.05, 0) is 42.5 Å². The lowest BCUT2D eigenvalue weighted by atomic mass is 10.3. The summed E-state index contributed by atoms with van der Waals surface area (Å²) in [7, 11) is 0. The summed E-state index contributed by atoms with van der Waals surface area (Å²) in [6.45, 7) is 0. The predicted molar refractivity (Wildman–Crippen MR) is 105 cm³/mol. The van der Waals surface area contributed by atoms with E-state index in [0.717, 1.165) is 0 Å². The minimum atomic E-state index is -0.551. The molecule has 0 saturated heterocycles. The molecule has 144 valence electrons. The van der Waals surface area contributed by atoms with Gasteiger partial charge in [0.25, 0.3) is 0 Å². The van der Waals surface area contributed by atoms with Crippen LogP contribution in [0.15, 0.2) is 79.4 Å². The highest BCUT2D eigenvalue weighted by molar-refractivity contribution is 5.99. The van der Waals surface area contributed by atoms with Gasteiger partial charge in [0.2, 0.25) is 5.88 Å². The first-order valence-electron chi connectivity index (χ1n) is 8.60. The van der Waals surface area contributed by atoms with Crippen LogP contribution in [0.5, 0.6) is 11.6 Å². The number of hydrogen-bond donors (Lipinski definition) is 2. The second-order valence-corrected chi connectivity index (χ2v) is 5.89. The third-order valence-corrected chi connectivity index (χ3v) is 3.85. The monoisotopic (exact) mass is 390 g/mol. The number of ether oxygens (including phenoxy) is 1. The number of aromatic nitrogens is 4. The van der Waals surface area contributed by atoms with E-state index in [4.69, 9.17) is 4.74 Å². The molecule has 0 atom stereocenters. The molecular weight excluding hydrogens is 375 g/mol. The summed E-state index contributed by atoms with van der Waals surface area (Å²) in [5.41, 5.74) is 0.621. The number of hydrogen-bond acceptors (Lipinski definition) is 5. The maximum absolute atomic E-state index is 13.6. The van der Waals surface area contributed by atoms with E-state index in [-0.39, 0.29) is 5.69 Å². The second-order valence-electron chi connectivity index (χ2n) is 5.89. The standard InChI is InChI=1S/C20H15FN6O2/c21-16-3-1-2-4-17(16)24-20(28)23-14-5-7-15(8-6-14)29-19-10-9-18(25-26-19)27-12-11-22-13-27/h1-13H,(H2,23,24,28). The summed E-state index contributed by atoms with van der Waals surface area (Å²) in [6, 6.07) is 15.5. The molecule has 2 amide bonds. The Labute approximate surface area is 165 Å². The summed E-state index contributed by atoms with van der Waals surface area (Å²) < 4.78 is 21.0. The highest BCUT2D eigenvalue weighted by Gasteiger charge is 2.07. The molecule has 0 fully saturated rings. The Morgan fingerprint density at radius 1 is 0.966 bits per heavy atom. The maximum atomic E-state index is 13.6. The highest BCUT2D eigenvalue weighted by Crippen LogP contribution is 2.22. The number of carbonyl (C=O) groups is 1. The van der Waals surface area contributed by atoms with Crippen LogP contribution in [-0.2, 0) is 0 Å². The number of nitrogens with zero attached hydrogens (tertiary/aromatic N) is 4. The van der Waals surface area contributed by atoms with Gasteiger partial charge in [-0.1, -0.05) is 12.1 Å². The number of nitrogens with one attached hydrogen (secondary N) is 2. The first-order chi connectivity index (χ1) is 14.2. The molecule has 9 heteroatoms. The number of urea groups is 1. The van der Waals surface area contributed by atoms with Gasteiger partial charge in [0.1, 0.15) is 17.9 Å². The summed E-state index contributed by atoms with van der Waals surface area (Å²) in [4.78, 5) is 16.0. The third-order valence-electron chi connectivity index (χ3n) is 3.85. The van der Waals surface area contributed by atoms with E-state index in [1.807, 2.05) is 0 Å². The lowest BCUT2D eigenvalue weighted by molar-refractivity contribution is 0.262. The Kier molecular flexibility index (Phi) is 5.10. The number of benzene rings is 2. The van der Waals surface area contributed by atoms with Crippen molar-refractivity contribution in [3.8, 4) is 17.4 Å². The summed E-state index contributed by atoms with van der Waals surface area (Å²) in [5.74, 6) is 0.962. The summed E-state index contributed by atoms with van der Waals surface area (Å²) in [6.07, 6.45) is 5.04. The third kappa shape index (κ3) is 4.53. The molecule has 2 N–H and O–H groups in total. The fourth-order valence-electron chi connectivity index (χ4n) is 2.47. The van der Waals surface area contributed by atoms with Crippen LogP contribution in [0.25, 0.3) is 5.82 Å². The van der Waals surface area contributed by atoms with Crippen LogP contribution < -0.4 is 15.4 Å². The van der Waals surface area contributed by atoms with E-state index < -0.39 is 11.8 Å². The average molecular weight is 390 g/mol. The fourth-order valence-corrected chi connectivity index (χ4v) is 2.47. The molecule has 0 bridgehead atoms. The first kappa shape index (κ1) is 18.1. The molecule has 2 heterocycles. The fraction of sp³-hybridized carbons (Fsp3) is 0. The summed E-state index contributed by atoms with van der Waals surface area (Å²) in [5, 5.41) is 13.2. The molecule has 0 aliphatic rings. The largest absolute Gasteiger partial charge is 0.438 e. The Morgan fingerprint density at radius 3 is 2.48 bits per heavy atom. The van der Waals surface area contributed by atoms with Gasteiger partial charge in [-0.25, -0.2) is 14.2 Å². The van der Waals surface area contributed by atoms with Crippen LogP contribution in [0.2, 0.25) is 0 Å². The normalized spacial score (nSPS) is 10.4. The van der Waals surface area contributed by atoms with E-state index in [1.54, 1.807) is 71.8 Å². The molecule has 0 spiro atoms. The lowest BCUT2D eigenvalue weighted by Crippen LogP contribution is -2.20. The van der Waals surface area contributed by atoms with Gasteiger partial charge in [-0.2, -0.15) is 0 Å². The van der Waals surface area contributed by atoms with Crippen molar-refractivity contribution in [2.75, 3.05) is 10.6 Å². The minimum absolute atomic E-state index is 0.0997. The van der Waals surface area contributed by atoms with Crippen LogP contribution in [-0.4, -0.2) is 25.8 Å². The number of amides is 2. The topological polar surface area (TPSA) is 94.0 Å². The van der Waals surface area contributed by atoms with Gasteiger partial charge in [0.15, 0.2) is 5.82 Å². The number of carbonyl (C=O) groups excluding carboxylic acids is 1. The van der Waals surface area contributed by atoms with E-state index in [2.05, 4.69) is 25.8 Å². The van der Waals surface area contributed by atoms with Crippen molar-refractivity contribution < 1.29 is 13.9 Å². The molecule has 4 rings (SSSR count). The average Bonchev–Trinajstić information content (AvgIpc) is 3.27. The molecule has 0 radical (unpaired) electrons. The zero-order valence-electron chi connectivity index (χ0n) is 15.0. The highest BCUT2D eigenvalue weighted by atomic mass is 19.1.